The first-order valence-electron chi connectivity index (χ1n) is 5.20. The quantitative estimate of drug-likeness (QED) is 0.470. The van der Waals surface area contributed by atoms with Crippen molar-refractivity contribution in [2.24, 2.45) is 0 Å². The highest BCUT2D eigenvalue weighted by atomic mass is 35.5. The van der Waals surface area contributed by atoms with Gasteiger partial charge in [0.15, 0.2) is 0 Å². The largest absolute Gasteiger partial charge is 0.379 e. The fraction of sp³-hybridized carbons (Fsp3) is 0.500. The Bertz CT molecular complexity index is 435. The van der Waals surface area contributed by atoms with Gasteiger partial charge in [0.2, 0.25) is 0 Å². The van der Waals surface area contributed by atoms with Crippen LogP contribution in [0.5, 0.6) is 0 Å². The van der Waals surface area contributed by atoms with Crippen LogP contribution in [0.2, 0.25) is 5.15 Å². The minimum Gasteiger partial charge on any atom is -0.379 e. The molecule has 17 heavy (non-hydrogen) atoms. The lowest BCUT2D eigenvalue weighted by Crippen LogP contribution is -2.32. The minimum atomic E-state index is -0.476. The third-order valence-electron chi connectivity index (χ3n) is 2.79. The van der Waals surface area contributed by atoms with Gasteiger partial charge in [0, 0.05) is 13.7 Å². The van der Waals surface area contributed by atoms with Crippen molar-refractivity contribution in [2.75, 3.05) is 25.2 Å². The normalized spacial score (nSPS) is 19.3. The van der Waals surface area contributed by atoms with Crippen LogP contribution in [0.25, 0.3) is 0 Å². The first kappa shape index (κ1) is 12.1. The lowest BCUT2D eigenvalue weighted by molar-refractivity contribution is -0.384. The molecule has 0 bridgehead atoms. The van der Waals surface area contributed by atoms with E-state index in [0.29, 0.717) is 19.0 Å². The third-order valence-corrected chi connectivity index (χ3v) is 2.98. The molecule has 92 valence electrons. The van der Waals surface area contributed by atoms with Crippen LogP contribution in [0.4, 0.5) is 11.5 Å². The van der Waals surface area contributed by atoms with Crippen molar-refractivity contribution in [3.63, 3.8) is 0 Å². The minimum absolute atomic E-state index is 0.0502. The van der Waals surface area contributed by atoms with Gasteiger partial charge in [0.1, 0.15) is 11.0 Å². The molecule has 0 aromatic carbocycles. The van der Waals surface area contributed by atoms with E-state index in [-0.39, 0.29) is 16.9 Å². The molecule has 1 unspecified atom stereocenters. The first-order chi connectivity index (χ1) is 8.08. The fourth-order valence-corrected chi connectivity index (χ4v) is 1.97. The summed E-state index contributed by atoms with van der Waals surface area (Å²) in [6, 6.07) is 2.86. The Labute approximate surface area is 103 Å². The molecule has 0 saturated carbocycles. The van der Waals surface area contributed by atoms with Gasteiger partial charge in [-0.15, -0.1) is 0 Å². The summed E-state index contributed by atoms with van der Waals surface area (Å²) in [4.78, 5) is 16.2. The molecule has 6 nitrogen and oxygen atoms in total. The highest BCUT2D eigenvalue weighted by molar-refractivity contribution is 6.29. The second kappa shape index (κ2) is 4.85. The molecule has 1 aromatic heterocycles. The molecule has 0 spiro atoms. The fourth-order valence-electron chi connectivity index (χ4n) is 1.77. The summed E-state index contributed by atoms with van der Waals surface area (Å²) in [5, 5.41) is 10.9. The van der Waals surface area contributed by atoms with Crippen LogP contribution in [0, 0.1) is 10.1 Å². The molecule has 1 atom stereocenters. The monoisotopic (exact) mass is 257 g/mol. The smallest absolute Gasteiger partial charge is 0.276 e. The number of rotatable bonds is 3. The van der Waals surface area contributed by atoms with E-state index >= 15 is 0 Å². The second-order valence-corrected chi connectivity index (χ2v) is 4.28. The Morgan fingerprint density at radius 2 is 2.41 bits per heavy atom. The molecular formula is C10H12ClN3O3. The van der Waals surface area contributed by atoms with Gasteiger partial charge in [-0.05, 0) is 6.42 Å². The Balaban J connectivity index is 2.27. The summed E-state index contributed by atoms with van der Waals surface area (Å²) in [6.07, 6.45) is 0.887. The maximum absolute atomic E-state index is 10.7. The molecule has 1 aromatic rings. The zero-order chi connectivity index (χ0) is 12.4. The zero-order valence-corrected chi connectivity index (χ0v) is 10.1. The van der Waals surface area contributed by atoms with Crippen molar-refractivity contribution in [3.05, 3.63) is 27.4 Å². The number of pyridine rings is 1. The maximum atomic E-state index is 10.7. The number of hydrogen-bond donors (Lipinski definition) is 0. The molecule has 0 radical (unpaired) electrons. The molecule has 1 saturated heterocycles. The lowest BCUT2D eigenvalue weighted by Gasteiger charge is -2.23. The number of nitro groups is 1. The predicted molar refractivity (Wildman–Crippen MR) is 63.5 cm³/mol. The summed E-state index contributed by atoms with van der Waals surface area (Å²) in [7, 11) is 1.84. The van der Waals surface area contributed by atoms with Gasteiger partial charge in [-0.25, -0.2) is 4.98 Å². The average Bonchev–Trinajstić information content (AvgIpc) is 2.80. The van der Waals surface area contributed by atoms with Crippen LogP contribution in [0.15, 0.2) is 12.1 Å². The van der Waals surface area contributed by atoms with Crippen LogP contribution >= 0.6 is 11.6 Å². The van der Waals surface area contributed by atoms with E-state index < -0.39 is 4.92 Å². The Morgan fingerprint density at radius 1 is 1.65 bits per heavy atom. The molecule has 7 heteroatoms. The molecule has 0 amide bonds. The van der Waals surface area contributed by atoms with Crippen LogP contribution in [0.3, 0.4) is 0 Å². The summed E-state index contributed by atoms with van der Waals surface area (Å²) in [6.45, 7) is 1.32. The maximum Gasteiger partial charge on any atom is 0.276 e. The second-order valence-electron chi connectivity index (χ2n) is 3.89. The van der Waals surface area contributed by atoms with E-state index in [1.165, 1.54) is 12.1 Å². The van der Waals surface area contributed by atoms with Gasteiger partial charge in [-0.3, -0.25) is 10.1 Å². The van der Waals surface area contributed by atoms with Crippen molar-refractivity contribution in [2.45, 2.75) is 12.5 Å². The van der Waals surface area contributed by atoms with Crippen LogP contribution in [-0.2, 0) is 4.74 Å². The van der Waals surface area contributed by atoms with Crippen LogP contribution in [-0.4, -0.2) is 36.2 Å². The number of ether oxygens (including phenoxy) is 1. The standard InChI is InChI=1S/C10H12ClN3O3/c1-13(7-2-3-17-6-7)10-5-8(14(15)16)4-9(11)12-10/h4-5,7H,2-3,6H2,1H3. The first-order valence-corrected chi connectivity index (χ1v) is 5.58. The van der Waals surface area contributed by atoms with Gasteiger partial charge in [-0.1, -0.05) is 11.6 Å². The van der Waals surface area contributed by atoms with E-state index in [4.69, 9.17) is 16.3 Å². The van der Waals surface area contributed by atoms with Gasteiger partial charge in [-0.2, -0.15) is 0 Å². The Hall–Kier alpha value is -1.40. The average molecular weight is 258 g/mol. The van der Waals surface area contributed by atoms with Crippen molar-refractivity contribution in [3.8, 4) is 0 Å². The molecule has 0 aliphatic carbocycles. The van der Waals surface area contributed by atoms with E-state index in [1.54, 1.807) is 0 Å². The summed E-state index contributed by atoms with van der Waals surface area (Å²) < 4.78 is 5.27. The van der Waals surface area contributed by atoms with Crippen molar-refractivity contribution >= 4 is 23.1 Å². The summed E-state index contributed by atoms with van der Waals surface area (Å²) >= 11 is 5.77. The SMILES string of the molecule is CN(c1cc([N+](=O)[O-])cc(Cl)n1)C1CCOC1. The van der Waals surface area contributed by atoms with E-state index in [2.05, 4.69) is 4.98 Å². The summed E-state index contributed by atoms with van der Waals surface area (Å²) in [5.41, 5.74) is -0.0502. The predicted octanol–water partition coefficient (Wildman–Crippen LogP) is 1.87. The molecule has 1 aliphatic rings. The molecular weight excluding hydrogens is 246 g/mol. The van der Waals surface area contributed by atoms with Gasteiger partial charge >= 0.3 is 0 Å². The number of nitrogens with zero attached hydrogens (tertiary/aromatic N) is 3. The topological polar surface area (TPSA) is 68.5 Å². The molecule has 1 aliphatic heterocycles. The van der Waals surface area contributed by atoms with Crippen molar-refractivity contribution in [1.82, 2.24) is 4.98 Å². The van der Waals surface area contributed by atoms with E-state index in [9.17, 15) is 10.1 Å². The molecule has 2 heterocycles. The van der Waals surface area contributed by atoms with Gasteiger partial charge in [0.05, 0.1) is 29.7 Å². The van der Waals surface area contributed by atoms with Crippen molar-refractivity contribution < 1.29 is 9.66 Å². The summed E-state index contributed by atoms with van der Waals surface area (Å²) in [5.74, 6) is 0.500. The van der Waals surface area contributed by atoms with Crippen molar-refractivity contribution in [1.29, 1.82) is 0 Å². The lowest BCUT2D eigenvalue weighted by atomic mass is 10.2. The van der Waals surface area contributed by atoms with Gasteiger partial charge < -0.3 is 9.64 Å². The molecule has 2 rings (SSSR count). The Morgan fingerprint density at radius 3 is 3.00 bits per heavy atom. The van der Waals surface area contributed by atoms with Crippen LogP contribution in [0.1, 0.15) is 6.42 Å². The number of hydrogen-bond acceptors (Lipinski definition) is 5. The number of aromatic nitrogens is 1. The molecule has 0 N–H and O–H groups in total. The third kappa shape index (κ3) is 2.65. The number of anilines is 1. The molecule has 1 fully saturated rings. The zero-order valence-electron chi connectivity index (χ0n) is 9.30. The van der Waals surface area contributed by atoms with Gasteiger partial charge in [0.25, 0.3) is 5.69 Å². The number of likely N-dealkylation sites (N-methyl/N-ethyl adjacent to an activating group) is 1. The van der Waals surface area contributed by atoms with E-state index in [0.717, 1.165) is 6.42 Å². The van der Waals surface area contributed by atoms with Crippen LogP contribution < -0.4 is 4.90 Å². The Kier molecular flexibility index (Phi) is 3.44. The highest BCUT2D eigenvalue weighted by Crippen LogP contribution is 2.25. The highest BCUT2D eigenvalue weighted by Gasteiger charge is 2.23. The number of halogens is 1. The van der Waals surface area contributed by atoms with E-state index in [1.807, 2.05) is 11.9 Å².